The highest BCUT2D eigenvalue weighted by molar-refractivity contribution is 5.77. The Kier molecular flexibility index (Phi) is 3.14. The van der Waals surface area contributed by atoms with E-state index in [1.54, 1.807) is 6.07 Å². The quantitative estimate of drug-likeness (QED) is 0.821. The highest BCUT2D eigenvalue weighted by atomic mass is 16.6. The van der Waals surface area contributed by atoms with Gasteiger partial charge in [0.25, 0.3) is 0 Å². The molecule has 0 saturated carbocycles. The summed E-state index contributed by atoms with van der Waals surface area (Å²) in [6, 6.07) is 10.0. The number of hydrogen-bond donors (Lipinski definition) is 2. The van der Waals surface area contributed by atoms with Crippen LogP contribution in [0.1, 0.15) is 11.1 Å². The first-order valence-electron chi connectivity index (χ1n) is 6.66. The van der Waals surface area contributed by atoms with E-state index in [-0.39, 0.29) is 0 Å². The number of nitrogen functional groups attached to an aromatic ring is 1. The molecule has 4 heteroatoms. The molecule has 104 valence electrons. The van der Waals surface area contributed by atoms with Crippen LogP contribution in [0.4, 0.5) is 17.1 Å². The number of hydrogen-bond acceptors (Lipinski definition) is 4. The van der Waals surface area contributed by atoms with Gasteiger partial charge in [0.1, 0.15) is 13.2 Å². The predicted molar refractivity (Wildman–Crippen MR) is 81.0 cm³/mol. The van der Waals surface area contributed by atoms with Gasteiger partial charge < -0.3 is 20.5 Å². The van der Waals surface area contributed by atoms with Gasteiger partial charge in [-0.25, -0.2) is 0 Å². The normalized spacial score (nSPS) is 13.1. The fourth-order valence-corrected chi connectivity index (χ4v) is 2.42. The van der Waals surface area contributed by atoms with Crippen LogP contribution < -0.4 is 20.5 Å². The molecular weight excluding hydrogens is 252 g/mol. The molecule has 0 unspecified atom stereocenters. The summed E-state index contributed by atoms with van der Waals surface area (Å²) in [7, 11) is 0. The zero-order chi connectivity index (χ0) is 14.1. The first-order valence-corrected chi connectivity index (χ1v) is 6.66. The maximum Gasteiger partial charge on any atom is 0.163 e. The van der Waals surface area contributed by atoms with Crippen molar-refractivity contribution >= 4 is 17.1 Å². The molecule has 1 aliphatic heterocycles. The summed E-state index contributed by atoms with van der Waals surface area (Å²) in [4.78, 5) is 0. The molecule has 2 aromatic carbocycles. The molecule has 0 aromatic heterocycles. The van der Waals surface area contributed by atoms with E-state index in [0.29, 0.717) is 24.7 Å². The molecule has 0 aliphatic carbocycles. The largest absolute Gasteiger partial charge is 0.486 e. The summed E-state index contributed by atoms with van der Waals surface area (Å²) in [6.07, 6.45) is 0. The molecule has 0 bridgehead atoms. The molecule has 0 atom stereocenters. The number of ether oxygens (including phenoxy) is 2. The number of rotatable bonds is 2. The molecule has 20 heavy (non-hydrogen) atoms. The van der Waals surface area contributed by atoms with Crippen molar-refractivity contribution in [2.24, 2.45) is 0 Å². The molecule has 0 amide bonds. The van der Waals surface area contributed by atoms with Crippen molar-refractivity contribution < 1.29 is 9.47 Å². The molecule has 4 nitrogen and oxygen atoms in total. The van der Waals surface area contributed by atoms with E-state index in [1.807, 2.05) is 6.07 Å². The third kappa shape index (κ3) is 2.50. The first-order chi connectivity index (χ1) is 9.61. The second-order valence-electron chi connectivity index (χ2n) is 5.08. The van der Waals surface area contributed by atoms with Crippen molar-refractivity contribution in [1.29, 1.82) is 0 Å². The van der Waals surface area contributed by atoms with Crippen molar-refractivity contribution in [2.45, 2.75) is 13.8 Å². The Morgan fingerprint density at radius 3 is 2.15 bits per heavy atom. The SMILES string of the molecule is Cc1cc(C)cc(Nc2cc3c(cc2N)OCCO3)c1. The van der Waals surface area contributed by atoms with Crippen LogP contribution in [0.2, 0.25) is 0 Å². The highest BCUT2D eigenvalue weighted by Crippen LogP contribution is 2.38. The molecule has 1 heterocycles. The number of nitrogens with one attached hydrogen (secondary N) is 1. The zero-order valence-electron chi connectivity index (χ0n) is 11.7. The Hall–Kier alpha value is -2.36. The maximum atomic E-state index is 6.07. The number of anilines is 3. The van der Waals surface area contributed by atoms with Crippen LogP contribution in [0.25, 0.3) is 0 Å². The van der Waals surface area contributed by atoms with Crippen LogP contribution in [0.15, 0.2) is 30.3 Å². The Morgan fingerprint density at radius 2 is 1.50 bits per heavy atom. The minimum Gasteiger partial charge on any atom is -0.486 e. The predicted octanol–water partition coefficient (Wildman–Crippen LogP) is 3.40. The van der Waals surface area contributed by atoms with Crippen LogP contribution in [-0.2, 0) is 0 Å². The summed E-state index contributed by atoms with van der Waals surface area (Å²) in [5.41, 5.74) is 11.0. The Morgan fingerprint density at radius 1 is 0.900 bits per heavy atom. The third-order valence-corrected chi connectivity index (χ3v) is 3.22. The molecule has 2 aromatic rings. The topological polar surface area (TPSA) is 56.5 Å². The average Bonchev–Trinajstić information content (AvgIpc) is 2.38. The number of aryl methyl sites for hydroxylation is 2. The Bertz CT molecular complexity index is 633. The lowest BCUT2D eigenvalue weighted by atomic mass is 10.1. The van der Waals surface area contributed by atoms with E-state index in [1.165, 1.54) is 11.1 Å². The third-order valence-electron chi connectivity index (χ3n) is 3.22. The van der Waals surface area contributed by atoms with Crippen LogP contribution in [-0.4, -0.2) is 13.2 Å². The van der Waals surface area contributed by atoms with Gasteiger partial charge in [0.05, 0.1) is 11.4 Å². The summed E-state index contributed by atoms with van der Waals surface area (Å²) in [5, 5.41) is 3.34. The van der Waals surface area contributed by atoms with Crippen LogP contribution in [0, 0.1) is 13.8 Å². The Balaban J connectivity index is 1.94. The average molecular weight is 270 g/mol. The van der Waals surface area contributed by atoms with Gasteiger partial charge in [-0.05, 0) is 37.1 Å². The zero-order valence-corrected chi connectivity index (χ0v) is 11.7. The highest BCUT2D eigenvalue weighted by Gasteiger charge is 2.14. The van der Waals surface area contributed by atoms with Crippen LogP contribution >= 0.6 is 0 Å². The summed E-state index contributed by atoms with van der Waals surface area (Å²) in [5.74, 6) is 1.44. The van der Waals surface area contributed by atoms with E-state index in [0.717, 1.165) is 17.1 Å². The number of benzene rings is 2. The molecule has 3 rings (SSSR count). The van der Waals surface area contributed by atoms with E-state index in [2.05, 4.69) is 37.4 Å². The molecule has 0 fully saturated rings. The summed E-state index contributed by atoms with van der Waals surface area (Å²) >= 11 is 0. The van der Waals surface area contributed by atoms with Gasteiger partial charge in [-0.15, -0.1) is 0 Å². The van der Waals surface area contributed by atoms with Crippen molar-refractivity contribution in [1.82, 2.24) is 0 Å². The molecule has 0 saturated heterocycles. The van der Waals surface area contributed by atoms with E-state index in [9.17, 15) is 0 Å². The van der Waals surface area contributed by atoms with E-state index in [4.69, 9.17) is 15.2 Å². The van der Waals surface area contributed by atoms with Crippen molar-refractivity contribution in [3.05, 3.63) is 41.5 Å². The molecule has 0 spiro atoms. The second-order valence-corrected chi connectivity index (χ2v) is 5.08. The van der Waals surface area contributed by atoms with Crippen LogP contribution in [0.5, 0.6) is 11.5 Å². The molecular formula is C16H18N2O2. The minimum atomic E-state index is 0.566. The van der Waals surface area contributed by atoms with Gasteiger partial charge in [-0.3, -0.25) is 0 Å². The van der Waals surface area contributed by atoms with Gasteiger partial charge in [-0.1, -0.05) is 6.07 Å². The molecule has 3 N–H and O–H groups in total. The van der Waals surface area contributed by atoms with Crippen molar-refractivity contribution in [2.75, 3.05) is 24.3 Å². The van der Waals surface area contributed by atoms with Gasteiger partial charge in [0, 0.05) is 17.8 Å². The Labute approximate surface area is 118 Å². The fourth-order valence-electron chi connectivity index (χ4n) is 2.42. The lowest BCUT2D eigenvalue weighted by Crippen LogP contribution is -2.15. The lowest BCUT2D eigenvalue weighted by molar-refractivity contribution is 0.172. The van der Waals surface area contributed by atoms with Crippen molar-refractivity contribution in [3.8, 4) is 11.5 Å². The second kappa shape index (κ2) is 4.96. The maximum absolute atomic E-state index is 6.07. The summed E-state index contributed by atoms with van der Waals surface area (Å²) in [6.45, 7) is 5.28. The van der Waals surface area contributed by atoms with E-state index >= 15 is 0 Å². The lowest BCUT2D eigenvalue weighted by Gasteiger charge is -2.20. The number of nitrogens with two attached hydrogens (primary N) is 1. The smallest absolute Gasteiger partial charge is 0.163 e. The van der Waals surface area contributed by atoms with Gasteiger partial charge in [0.2, 0.25) is 0 Å². The van der Waals surface area contributed by atoms with Gasteiger partial charge in [0.15, 0.2) is 11.5 Å². The monoisotopic (exact) mass is 270 g/mol. The van der Waals surface area contributed by atoms with E-state index < -0.39 is 0 Å². The van der Waals surface area contributed by atoms with Crippen molar-refractivity contribution in [3.63, 3.8) is 0 Å². The number of fused-ring (bicyclic) bond motifs is 1. The standard InChI is InChI=1S/C16H18N2O2/c1-10-5-11(2)7-12(6-10)18-14-9-16-15(8-13(14)17)19-3-4-20-16/h5-9,18H,3-4,17H2,1-2H3. The molecule has 1 aliphatic rings. The first kappa shape index (κ1) is 12.7. The van der Waals surface area contributed by atoms with Gasteiger partial charge >= 0.3 is 0 Å². The minimum absolute atomic E-state index is 0.566. The fraction of sp³-hybridized carbons (Fsp3) is 0.250. The van der Waals surface area contributed by atoms with Gasteiger partial charge in [-0.2, -0.15) is 0 Å². The van der Waals surface area contributed by atoms with Crippen LogP contribution in [0.3, 0.4) is 0 Å². The molecule has 0 radical (unpaired) electrons. The summed E-state index contributed by atoms with van der Waals surface area (Å²) < 4.78 is 11.1.